The molecule has 0 aromatic heterocycles. The summed E-state index contributed by atoms with van der Waals surface area (Å²) in [5.41, 5.74) is 7.29. The molecular weight excluding hydrogens is 306 g/mol. The lowest BCUT2D eigenvalue weighted by Crippen LogP contribution is -2.36. The number of ether oxygens (including phenoxy) is 1. The van der Waals surface area contributed by atoms with Crippen molar-refractivity contribution in [3.8, 4) is 0 Å². The molecule has 0 saturated carbocycles. The van der Waals surface area contributed by atoms with Gasteiger partial charge in [0.15, 0.2) is 0 Å². The first-order valence-electron chi connectivity index (χ1n) is 9.65. The fourth-order valence-electron chi connectivity index (χ4n) is 3.78. The molecule has 1 saturated heterocycles. The van der Waals surface area contributed by atoms with Crippen molar-refractivity contribution in [2.24, 2.45) is 0 Å². The van der Waals surface area contributed by atoms with Crippen LogP contribution >= 0.6 is 0 Å². The zero-order chi connectivity index (χ0) is 17.5. The molecule has 3 rings (SSSR count). The molecule has 0 amide bonds. The average molecular weight is 338 g/mol. The van der Waals surface area contributed by atoms with Gasteiger partial charge in [0.05, 0.1) is 13.2 Å². The van der Waals surface area contributed by atoms with Crippen LogP contribution in [0.3, 0.4) is 0 Å². The highest BCUT2D eigenvalue weighted by atomic mass is 16.5. The summed E-state index contributed by atoms with van der Waals surface area (Å²) in [7, 11) is 0. The zero-order valence-electron chi connectivity index (χ0n) is 15.8. The topological polar surface area (TPSA) is 12.5 Å². The van der Waals surface area contributed by atoms with E-state index in [2.05, 4.69) is 61.2 Å². The molecule has 1 aliphatic rings. The van der Waals surface area contributed by atoms with Crippen molar-refractivity contribution in [1.29, 1.82) is 0 Å². The van der Waals surface area contributed by atoms with E-state index in [1.54, 1.807) is 0 Å². The second kappa shape index (κ2) is 9.17. The van der Waals surface area contributed by atoms with Crippen molar-refractivity contribution in [3.05, 3.63) is 70.3 Å². The minimum Gasteiger partial charge on any atom is -0.379 e. The van der Waals surface area contributed by atoms with Crippen LogP contribution in [-0.2, 0) is 24.0 Å². The fraction of sp³-hybridized carbons (Fsp3) is 0.478. The lowest BCUT2D eigenvalue weighted by molar-refractivity contribution is 0.0375. The van der Waals surface area contributed by atoms with Gasteiger partial charge in [0.25, 0.3) is 0 Å². The first-order valence-corrected chi connectivity index (χ1v) is 9.65. The van der Waals surface area contributed by atoms with Gasteiger partial charge in [-0.15, -0.1) is 0 Å². The lowest BCUT2D eigenvalue weighted by atomic mass is 9.95. The van der Waals surface area contributed by atoms with Crippen molar-refractivity contribution in [3.63, 3.8) is 0 Å². The van der Waals surface area contributed by atoms with Gasteiger partial charge in [0, 0.05) is 13.1 Å². The Hall–Kier alpha value is -1.64. The zero-order valence-corrected chi connectivity index (χ0v) is 15.8. The van der Waals surface area contributed by atoms with E-state index in [4.69, 9.17) is 4.74 Å². The predicted octanol–water partition coefficient (Wildman–Crippen LogP) is 4.35. The predicted molar refractivity (Wildman–Crippen MR) is 105 cm³/mol. The summed E-state index contributed by atoms with van der Waals surface area (Å²) < 4.78 is 5.42. The molecule has 0 atom stereocenters. The van der Waals surface area contributed by atoms with Gasteiger partial charge >= 0.3 is 0 Å². The Balaban J connectivity index is 1.51. The molecule has 2 aromatic rings. The van der Waals surface area contributed by atoms with Gasteiger partial charge < -0.3 is 4.74 Å². The summed E-state index contributed by atoms with van der Waals surface area (Å²) in [6, 6.07) is 15.8. The largest absolute Gasteiger partial charge is 0.379 e. The van der Waals surface area contributed by atoms with Crippen molar-refractivity contribution in [1.82, 2.24) is 4.90 Å². The molecule has 0 unspecified atom stereocenters. The maximum atomic E-state index is 5.42. The number of hydrogen-bond acceptors (Lipinski definition) is 2. The van der Waals surface area contributed by atoms with Gasteiger partial charge in [-0.2, -0.15) is 0 Å². The van der Waals surface area contributed by atoms with Crippen molar-refractivity contribution < 1.29 is 4.74 Å². The molecule has 1 aliphatic heterocycles. The van der Waals surface area contributed by atoms with E-state index in [0.29, 0.717) is 0 Å². The van der Waals surface area contributed by atoms with E-state index in [1.807, 2.05) is 0 Å². The molecular formula is C23H31NO. The summed E-state index contributed by atoms with van der Waals surface area (Å²) in [4.78, 5) is 2.52. The Bertz CT molecular complexity index is 653. The number of rotatable bonds is 7. The van der Waals surface area contributed by atoms with E-state index in [1.165, 1.54) is 47.2 Å². The molecule has 2 heteroatoms. The van der Waals surface area contributed by atoms with Crippen LogP contribution in [0.1, 0.15) is 34.2 Å². The maximum absolute atomic E-state index is 5.42. The van der Waals surface area contributed by atoms with E-state index in [0.717, 1.165) is 39.1 Å². The molecule has 2 aromatic carbocycles. The van der Waals surface area contributed by atoms with E-state index < -0.39 is 0 Å². The summed E-state index contributed by atoms with van der Waals surface area (Å²) in [6.45, 7) is 9.62. The third-order valence-corrected chi connectivity index (χ3v) is 5.34. The third kappa shape index (κ3) is 5.42. The fourth-order valence-corrected chi connectivity index (χ4v) is 3.78. The molecule has 0 spiro atoms. The van der Waals surface area contributed by atoms with Crippen LogP contribution < -0.4 is 0 Å². The SMILES string of the molecule is Cc1cccc(C)c1CCc1cccc(CCCN2CCOCC2)c1. The number of nitrogens with zero attached hydrogens (tertiary/aromatic N) is 1. The summed E-state index contributed by atoms with van der Waals surface area (Å²) in [6.07, 6.45) is 4.67. The number of morpholine rings is 1. The summed E-state index contributed by atoms with van der Waals surface area (Å²) >= 11 is 0. The van der Waals surface area contributed by atoms with Crippen LogP contribution in [0.15, 0.2) is 42.5 Å². The monoisotopic (exact) mass is 337 g/mol. The van der Waals surface area contributed by atoms with Crippen LogP contribution in [0, 0.1) is 13.8 Å². The quantitative estimate of drug-likeness (QED) is 0.744. The molecule has 0 bridgehead atoms. The number of benzene rings is 2. The van der Waals surface area contributed by atoms with Crippen LogP contribution in [-0.4, -0.2) is 37.7 Å². The molecule has 0 radical (unpaired) electrons. The smallest absolute Gasteiger partial charge is 0.0594 e. The van der Waals surface area contributed by atoms with E-state index in [-0.39, 0.29) is 0 Å². The Morgan fingerprint density at radius 1 is 0.840 bits per heavy atom. The van der Waals surface area contributed by atoms with Crippen LogP contribution in [0.25, 0.3) is 0 Å². The second-order valence-corrected chi connectivity index (χ2v) is 7.25. The Morgan fingerprint density at radius 3 is 2.20 bits per heavy atom. The molecule has 1 heterocycles. The number of hydrogen-bond donors (Lipinski definition) is 0. The first kappa shape index (κ1) is 18.2. The second-order valence-electron chi connectivity index (χ2n) is 7.25. The Kier molecular flexibility index (Phi) is 6.66. The minimum atomic E-state index is 0.897. The molecule has 2 nitrogen and oxygen atoms in total. The van der Waals surface area contributed by atoms with Crippen molar-refractivity contribution in [2.75, 3.05) is 32.8 Å². The van der Waals surface area contributed by atoms with Crippen LogP contribution in [0.4, 0.5) is 0 Å². The van der Waals surface area contributed by atoms with Crippen LogP contribution in [0.5, 0.6) is 0 Å². The van der Waals surface area contributed by atoms with Gasteiger partial charge in [-0.05, 0) is 73.9 Å². The summed E-state index contributed by atoms with van der Waals surface area (Å²) in [5, 5.41) is 0. The standard InChI is InChI=1S/C23H31NO/c1-19-6-3-7-20(2)23(19)12-11-22-9-4-8-21(18-22)10-5-13-24-14-16-25-17-15-24/h3-4,6-9,18H,5,10-17H2,1-2H3. The van der Waals surface area contributed by atoms with Gasteiger partial charge in [0.1, 0.15) is 0 Å². The van der Waals surface area contributed by atoms with Gasteiger partial charge in [-0.25, -0.2) is 0 Å². The average Bonchev–Trinajstić information content (AvgIpc) is 2.63. The van der Waals surface area contributed by atoms with Gasteiger partial charge in [0.2, 0.25) is 0 Å². The highest BCUT2D eigenvalue weighted by Crippen LogP contribution is 2.17. The highest BCUT2D eigenvalue weighted by molar-refractivity contribution is 5.34. The molecule has 134 valence electrons. The minimum absolute atomic E-state index is 0.897. The number of aryl methyl sites for hydroxylation is 4. The van der Waals surface area contributed by atoms with E-state index >= 15 is 0 Å². The van der Waals surface area contributed by atoms with Crippen molar-refractivity contribution in [2.45, 2.75) is 39.5 Å². The normalized spacial score (nSPS) is 15.4. The first-order chi connectivity index (χ1) is 12.2. The molecule has 0 N–H and O–H groups in total. The summed E-state index contributed by atoms with van der Waals surface area (Å²) in [5.74, 6) is 0. The van der Waals surface area contributed by atoms with E-state index in [9.17, 15) is 0 Å². The molecule has 25 heavy (non-hydrogen) atoms. The van der Waals surface area contributed by atoms with Gasteiger partial charge in [-0.3, -0.25) is 4.90 Å². The maximum Gasteiger partial charge on any atom is 0.0594 e. The van der Waals surface area contributed by atoms with Gasteiger partial charge in [-0.1, -0.05) is 42.5 Å². The molecule has 1 fully saturated rings. The highest BCUT2D eigenvalue weighted by Gasteiger charge is 2.09. The lowest BCUT2D eigenvalue weighted by Gasteiger charge is -2.26. The third-order valence-electron chi connectivity index (χ3n) is 5.34. The Labute approximate surface area is 152 Å². The molecule has 0 aliphatic carbocycles. The van der Waals surface area contributed by atoms with Crippen LogP contribution in [0.2, 0.25) is 0 Å². The van der Waals surface area contributed by atoms with Crippen molar-refractivity contribution >= 4 is 0 Å². The Morgan fingerprint density at radius 2 is 1.48 bits per heavy atom.